The SMILES string of the molecule is CCOC(=O)Cc1cnc(C(F)F)c(C(F)(F)F)c1CN. The zero-order chi connectivity index (χ0) is 16.2. The Labute approximate surface area is 117 Å². The van der Waals surface area contributed by atoms with Crippen molar-refractivity contribution in [1.29, 1.82) is 0 Å². The van der Waals surface area contributed by atoms with Gasteiger partial charge in [0.25, 0.3) is 6.43 Å². The Morgan fingerprint density at radius 3 is 2.48 bits per heavy atom. The molecule has 0 saturated heterocycles. The minimum atomic E-state index is -5.04. The molecule has 2 N–H and O–H groups in total. The van der Waals surface area contributed by atoms with Crippen LogP contribution < -0.4 is 5.73 Å². The van der Waals surface area contributed by atoms with Crippen LogP contribution >= 0.6 is 0 Å². The summed E-state index contributed by atoms with van der Waals surface area (Å²) in [6, 6.07) is 0. The van der Waals surface area contributed by atoms with E-state index in [4.69, 9.17) is 5.73 Å². The first-order chi connectivity index (χ1) is 9.72. The topological polar surface area (TPSA) is 65.2 Å². The van der Waals surface area contributed by atoms with Crippen molar-refractivity contribution < 1.29 is 31.5 Å². The van der Waals surface area contributed by atoms with Crippen LogP contribution in [0.1, 0.15) is 35.7 Å². The summed E-state index contributed by atoms with van der Waals surface area (Å²) in [5.74, 6) is -0.785. The molecule has 0 aromatic carbocycles. The normalized spacial score (nSPS) is 11.8. The highest BCUT2D eigenvalue weighted by atomic mass is 19.4. The van der Waals surface area contributed by atoms with Crippen LogP contribution in [0.25, 0.3) is 0 Å². The average molecular weight is 312 g/mol. The van der Waals surface area contributed by atoms with E-state index in [0.29, 0.717) is 0 Å². The summed E-state index contributed by atoms with van der Waals surface area (Å²) in [6.45, 7) is 0.929. The van der Waals surface area contributed by atoms with Crippen LogP contribution in [-0.4, -0.2) is 17.6 Å². The summed E-state index contributed by atoms with van der Waals surface area (Å²) in [5.41, 5.74) is 1.53. The maximum absolute atomic E-state index is 13.0. The standard InChI is InChI=1S/C12H13F5N2O2/c1-2-21-8(20)3-6-5-19-10(11(13)14)9(7(6)4-18)12(15,16)17/h5,11H,2-4,18H2,1H3. The van der Waals surface area contributed by atoms with E-state index in [1.54, 1.807) is 0 Å². The minimum absolute atomic E-state index is 0.0471. The Bertz CT molecular complexity index is 517. The van der Waals surface area contributed by atoms with Gasteiger partial charge in [0.05, 0.1) is 18.6 Å². The van der Waals surface area contributed by atoms with Gasteiger partial charge in [0, 0.05) is 12.7 Å². The summed E-state index contributed by atoms with van der Waals surface area (Å²) in [7, 11) is 0. The third kappa shape index (κ3) is 4.10. The molecule has 4 nitrogen and oxygen atoms in total. The zero-order valence-electron chi connectivity index (χ0n) is 11.0. The van der Waals surface area contributed by atoms with Gasteiger partial charge in [-0.1, -0.05) is 0 Å². The second-order valence-electron chi connectivity index (χ2n) is 4.01. The highest BCUT2D eigenvalue weighted by Gasteiger charge is 2.40. The van der Waals surface area contributed by atoms with E-state index in [9.17, 15) is 26.7 Å². The molecule has 9 heteroatoms. The number of ether oxygens (including phenoxy) is 1. The van der Waals surface area contributed by atoms with Gasteiger partial charge in [-0.3, -0.25) is 9.78 Å². The zero-order valence-corrected chi connectivity index (χ0v) is 11.0. The van der Waals surface area contributed by atoms with E-state index in [1.165, 1.54) is 6.92 Å². The first-order valence-electron chi connectivity index (χ1n) is 5.94. The lowest BCUT2D eigenvalue weighted by molar-refractivity contribution is -0.143. The van der Waals surface area contributed by atoms with Gasteiger partial charge in [0.2, 0.25) is 0 Å². The highest BCUT2D eigenvalue weighted by molar-refractivity contribution is 5.73. The Kier molecular flexibility index (Phi) is 5.59. The number of nitrogens with two attached hydrogens (primary N) is 1. The van der Waals surface area contributed by atoms with Crippen molar-refractivity contribution >= 4 is 5.97 Å². The fourth-order valence-electron chi connectivity index (χ4n) is 1.84. The maximum atomic E-state index is 13.0. The summed E-state index contributed by atoms with van der Waals surface area (Å²) in [5, 5.41) is 0. The Morgan fingerprint density at radius 1 is 1.43 bits per heavy atom. The molecule has 1 rings (SSSR count). The molecule has 0 unspecified atom stereocenters. The van der Waals surface area contributed by atoms with Crippen molar-refractivity contribution in [2.24, 2.45) is 5.73 Å². The molecule has 0 bridgehead atoms. The van der Waals surface area contributed by atoms with Crippen molar-refractivity contribution in [3.63, 3.8) is 0 Å². The molecule has 21 heavy (non-hydrogen) atoms. The minimum Gasteiger partial charge on any atom is -0.466 e. The molecule has 118 valence electrons. The largest absolute Gasteiger partial charge is 0.466 e. The summed E-state index contributed by atoms with van der Waals surface area (Å²) >= 11 is 0. The van der Waals surface area contributed by atoms with Crippen LogP contribution in [0.5, 0.6) is 0 Å². The second-order valence-corrected chi connectivity index (χ2v) is 4.01. The third-order valence-corrected chi connectivity index (χ3v) is 2.64. The van der Waals surface area contributed by atoms with Crippen LogP contribution in [-0.2, 0) is 28.7 Å². The fraction of sp³-hybridized carbons (Fsp3) is 0.500. The number of hydrogen-bond acceptors (Lipinski definition) is 4. The van der Waals surface area contributed by atoms with Crippen molar-refractivity contribution in [3.05, 3.63) is 28.6 Å². The monoisotopic (exact) mass is 312 g/mol. The first kappa shape index (κ1) is 17.3. The molecule has 0 spiro atoms. The van der Waals surface area contributed by atoms with Gasteiger partial charge >= 0.3 is 12.1 Å². The quantitative estimate of drug-likeness (QED) is 0.670. The predicted molar refractivity (Wildman–Crippen MR) is 62.4 cm³/mol. The molecule has 1 aromatic heterocycles. The molecular formula is C12H13F5N2O2. The molecule has 0 atom stereocenters. The molecule has 1 aromatic rings. The van der Waals surface area contributed by atoms with E-state index < -0.39 is 48.4 Å². The van der Waals surface area contributed by atoms with Gasteiger partial charge in [-0.15, -0.1) is 0 Å². The summed E-state index contributed by atoms with van der Waals surface area (Å²) in [6.07, 6.45) is -8.16. The predicted octanol–water partition coefficient (Wildman–Crippen LogP) is 2.60. The fourth-order valence-corrected chi connectivity index (χ4v) is 1.84. The average Bonchev–Trinajstić information content (AvgIpc) is 2.36. The van der Waals surface area contributed by atoms with Gasteiger partial charge in [0.1, 0.15) is 5.69 Å². The Morgan fingerprint density at radius 2 is 2.05 bits per heavy atom. The number of carbonyl (C=O) groups excluding carboxylic acids is 1. The molecule has 0 aliphatic heterocycles. The van der Waals surface area contributed by atoms with Crippen LogP contribution in [0.2, 0.25) is 0 Å². The smallest absolute Gasteiger partial charge is 0.418 e. The van der Waals surface area contributed by atoms with Crippen molar-refractivity contribution in [2.45, 2.75) is 32.5 Å². The van der Waals surface area contributed by atoms with E-state index in [0.717, 1.165) is 6.20 Å². The van der Waals surface area contributed by atoms with Crippen LogP contribution in [0.4, 0.5) is 22.0 Å². The Hall–Kier alpha value is -1.77. The van der Waals surface area contributed by atoms with Gasteiger partial charge < -0.3 is 10.5 Å². The lowest BCUT2D eigenvalue weighted by Crippen LogP contribution is -2.20. The lowest BCUT2D eigenvalue weighted by atomic mass is 9.98. The Balaban J connectivity index is 3.39. The van der Waals surface area contributed by atoms with Crippen LogP contribution in [0.15, 0.2) is 6.20 Å². The number of aromatic nitrogens is 1. The molecule has 0 aliphatic carbocycles. The third-order valence-electron chi connectivity index (χ3n) is 2.64. The maximum Gasteiger partial charge on any atom is 0.418 e. The molecule has 0 aliphatic rings. The van der Waals surface area contributed by atoms with Gasteiger partial charge in [-0.05, 0) is 18.1 Å². The lowest BCUT2D eigenvalue weighted by Gasteiger charge is -2.18. The van der Waals surface area contributed by atoms with E-state index in [2.05, 4.69) is 9.72 Å². The number of rotatable bonds is 5. The van der Waals surface area contributed by atoms with E-state index in [-0.39, 0.29) is 12.2 Å². The molecule has 1 heterocycles. The molecule has 0 fully saturated rings. The highest BCUT2D eigenvalue weighted by Crippen LogP contribution is 2.38. The van der Waals surface area contributed by atoms with Gasteiger partial charge in [-0.2, -0.15) is 13.2 Å². The van der Waals surface area contributed by atoms with Crippen molar-refractivity contribution in [3.8, 4) is 0 Å². The number of carbonyl (C=O) groups is 1. The van der Waals surface area contributed by atoms with Gasteiger partial charge in [0.15, 0.2) is 0 Å². The summed E-state index contributed by atoms with van der Waals surface area (Å²) < 4.78 is 68.9. The van der Waals surface area contributed by atoms with E-state index in [1.807, 2.05) is 0 Å². The molecule has 0 amide bonds. The number of hydrogen-bond donors (Lipinski definition) is 1. The number of pyridine rings is 1. The second kappa shape index (κ2) is 6.79. The number of halogens is 5. The summed E-state index contributed by atoms with van der Waals surface area (Å²) in [4.78, 5) is 14.5. The first-order valence-corrected chi connectivity index (χ1v) is 5.94. The number of nitrogens with zero attached hydrogens (tertiary/aromatic N) is 1. The van der Waals surface area contributed by atoms with Crippen molar-refractivity contribution in [1.82, 2.24) is 4.98 Å². The number of alkyl halides is 5. The molecular weight excluding hydrogens is 299 g/mol. The number of esters is 1. The van der Waals surface area contributed by atoms with Crippen LogP contribution in [0, 0.1) is 0 Å². The van der Waals surface area contributed by atoms with Crippen molar-refractivity contribution in [2.75, 3.05) is 6.61 Å². The van der Waals surface area contributed by atoms with Crippen LogP contribution in [0.3, 0.4) is 0 Å². The molecule has 0 saturated carbocycles. The van der Waals surface area contributed by atoms with E-state index >= 15 is 0 Å². The molecule has 0 radical (unpaired) electrons. The van der Waals surface area contributed by atoms with Gasteiger partial charge in [-0.25, -0.2) is 8.78 Å².